The number of benzene rings is 1. The first-order valence-corrected chi connectivity index (χ1v) is 9.21. The molecule has 0 spiro atoms. The molecule has 21 heavy (non-hydrogen) atoms. The van der Waals surface area contributed by atoms with Gasteiger partial charge in [0.1, 0.15) is 0 Å². The van der Waals surface area contributed by atoms with Gasteiger partial charge in [-0.25, -0.2) is 0 Å². The van der Waals surface area contributed by atoms with Gasteiger partial charge in [-0.2, -0.15) is 0 Å². The topological polar surface area (TPSA) is 42.2 Å². The third-order valence-corrected chi connectivity index (χ3v) is 5.73. The fourth-order valence-corrected chi connectivity index (χ4v) is 4.38. The first-order chi connectivity index (χ1) is 10.2. The molecule has 1 aliphatic carbocycles. The van der Waals surface area contributed by atoms with Gasteiger partial charge in [-0.3, -0.25) is 0 Å². The number of hydrogen-bond acceptors (Lipinski definition) is 3. The Hall–Kier alpha value is -1.27. The number of ether oxygens (including phenoxy) is 2. The Bertz CT molecular complexity index is 521. The summed E-state index contributed by atoms with van der Waals surface area (Å²) in [7, 11) is 0. The second kappa shape index (κ2) is 8.24. The maximum absolute atomic E-state index is 9.13. The monoisotopic (exact) mass is 351 g/mol. The van der Waals surface area contributed by atoms with Gasteiger partial charge in [0.15, 0.2) is 0 Å². The van der Waals surface area contributed by atoms with E-state index in [0.717, 1.165) is 30.6 Å². The maximum atomic E-state index is 9.13. The Kier molecular flexibility index (Phi) is 6.32. The first kappa shape index (κ1) is 16.1. The number of rotatable bonds is 7. The van der Waals surface area contributed by atoms with E-state index < -0.39 is 0 Å². The number of nitrogens with zero attached hydrogens (tertiary/aromatic N) is 1. The van der Waals surface area contributed by atoms with Crippen molar-refractivity contribution in [3.63, 3.8) is 0 Å². The Morgan fingerprint density at radius 3 is 2.71 bits per heavy atom. The molecule has 1 aromatic rings. The molecule has 3 nitrogen and oxygen atoms in total. The zero-order valence-corrected chi connectivity index (χ0v) is 14.3. The summed E-state index contributed by atoms with van der Waals surface area (Å²) in [5.41, 5.74) is 0.791. The van der Waals surface area contributed by atoms with Crippen LogP contribution in [-0.2, 0) is 9.47 Å². The summed E-state index contributed by atoms with van der Waals surface area (Å²) in [6.07, 6.45) is 2.45. The number of allylic oxidation sites excluding steroid dienone is 2. The van der Waals surface area contributed by atoms with Crippen LogP contribution < -0.4 is 4.46 Å². The van der Waals surface area contributed by atoms with E-state index in [2.05, 4.69) is 37.3 Å². The van der Waals surface area contributed by atoms with Gasteiger partial charge < -0.3 is 0 Å². The van der Waals surface area contributed by atoms with E-state index in [1.807, 2.05) is 13.0 Å². The van der Waals surface area contributed by atoms with Crippen molar-refractivity contribution in [1.82, 2.24) is 0 Å². The van der Waals surface area contributed by atoms with Gasteiger partial charge >= 0.3 is 133 Å². The molecule has 0 radical (unpaired) electrons. The summed E-state index contributed by atoms with van der Waals surface area (Å²) in [5.74, 6) is 0.840. The molecule has 0 aliphatic heterocycles. The summed E-state index contributed by atoms with van der Waals surface area (Å²) < 4.78 is 13.2. The Balaban J connectivity index is 2.03. The molecule has 2 atom stereocenters. The second-order valence-electron chi connectivity index (χ2n) is 4.94. The average molecular weight is 350 g/mol. The molecule has 0 fully saturated rings. The summed E-state index contributed by atoms with van der Waals surface area (Å²) in [4.78, 5) is 0.299. The zero-order chi connectivity index (χ0) is 15.1. The molecule has 2 rings (SSSR count). The Morgan fingerprint density at radius 2 is 2.05 bits per heavy atom. The minimum absolute atomic E-state index is 0.258. The summed E-state index contributed by atoms with van der Waals surface area (Å²) in [6.45, 7) is 4.76. The van der Waals surface area contributed by atoms with Crippen molar-refractivity contribution < 1.29 is 9.47 Å². The van der Waals surface area contributed by atoms with E-state index in [1.165, 1.54) is 4.46 Å². The molecule has 0 heterocycles. The molecule has 2 unspecified atom stereocenters. The van der Waals surface area contributed by atoms with Crippen LogP contribution in [0.1, 0.15) is 33.1 Å². The van der Waals surface area contributed by atoms with Gasteiger partial charge in [-0.15, -0.1) is 0 Å². The fourth-order valence-electron chi connectivity index (χ4n) is 2.30. The third-order valence-electron chi connectivity index (χ3n) is 3.34. The van der Waals surface area contributed by atoms with E-state index in [0.29, 0.717) is 11.4 Å². The van der Waals surface area contributed by atoms with E-state index in [9.17, 15) is 0 Å². The molecule has 0 saturated heterocycles. The van der Waals surface area contributed by atoms with Crippen molar-refractivity contribution in [3.05, 3.63) is 41.7 Å². The van der Waals surface area contributed by atoms with Crippen molar-refractivity contribution in [2.24, 2.45) is 0 Å². The van der Waals surface area contributed by atoms with Gasteiger partial charge in [0.2, 0.25) is 0 Å². The van der Waals surface area contributed by atoms with E-state index in [-0.39, 0.29) is 21.2 Å². The molecule has 1 aromatic carbocycles. The van der Waals surface area contributed by atoms with Gasteiger partial charge in [0, 0.05) is 0 Å². The van der Waals surface area contributed by atoms with Crippen LogP contribution in [0.15, 0.2) is 41.7 Å². The van der Waals surface area contributed by atoms with Crippen LogP contribution in [0.25, 0.3) is 0 Å². The van der Waals surface area contributed by atoms with Crippen molar-refractivity contribution >= 4 is 19.4 Å². The normalized spacial score (nSPS) is 17.4. The molecule has 4 heteroatoms. The van der Waals surface area contributed by atoms with Crippen LogP contribution in [0.4, 0.5) is 0 Å². The molecule has 112 valence electrons. The average Bonchev–Trinajstić information content (AvgIpc) is 2.95. The predicted octanol–water partition coefficient (Wildman–Crippen LogP) is 3.17. The van der Waals surface area contributed by atoms with E-state index in [4.69, 9.17) is 14.7 Å². The molecule has 0 amide bonds. The quantitative estimate of drug-likeness (QED) is 0.560. The van der Waals surface area contributed by atoms with Gasteiger partial charge in [0.25, 0.3) is 0 Å². The van der Waals surface area contributed by atoms with Crippen LogP contribution in [-0.4, -0.2) is 27.9 Å². The Morgan fingerprint density at radius 1 is 1.29 bits per heavy atom. The Labute approximate surface area is 133 Å². The van der Waals surface area contributed by atoms with Crippen LogP contribution in [0.5, 0.6) is 0 Å². The second-order valence-corrected chi connectivity index (χ2v) is 7.99. The summed E-state index contributed by atoms with van der Waals surface area (Å²) >= 11 is 0.285. The molecule has 1 aliphatic rings. The van der Waals surface area contributed by atoms with Gasteiger partial charge in [0.05, 0.1) is 0 Å². The number of nitriles is 1. The van der Waals surface area contributed by atoms with E-state index in [1.54, 1.807) is 0 Å². The predicted molar refractivity (Wildman–Crippen MR) is 84.2 cm³/mol. The molecule has 0 bridgehead atoms. The van der Waals surface area contributed by atoms with Crippen molar-refractivity contribution in [1.29, 1.82) is 5.26 Å². The van der Waals surface area contributed by atoms with Crippen LogP contribution >= 0.6 is 0 Å². The zero-order valence-electron chi connectivity index (χ0n) is 12.5. The van der Waals surface area contributed by atoms with Crippen molar-refractivity contribution in [2.75, 3.05) is 6.61 Å². The van der Waals surface area contributed by atoms with Crippen LogP contribution in [0.2, 0.25) is 4.82 Å². The van der Waals surface area contributed by atoms with Crippen molar-refractivity contribution in [2.45, 2.75) is 44.2 Å². The molecule has 0 aromatic heterocycles. The molecular formula is C17H21NO2Se. The van der Waals surface area contributed by atoms with Gasteiger partial charge in [-0.1, -0.05) is 0 Å². The van der Waals surface area contributed by atoms with Gasteiger partial charge in [-0.05, 0) is 0 Å². The fraction of sp³-hybridized carbons (Fsp3) is 0.471. The molecule has 0 saturated carbocycles. The van der Waals surface area contributed by atoms with Crippen molar-refractivity contribution in [3.8, 4) is 6.07 Å². The number of hydrogen-bond donors (Lipinski definition) is 0. The molecule has 0 N–H and O–H groups in total. The van der Waals surface area contributed by atoms with Crippen LogP contribution in [0, 0.1) is 11.3 Å². The SMILES string of the molecule is CCOC(OC1=C(C#N)CCC1)C(C)[Se]c1ccccc1. The van der Waals surface area contributed by atoms with E-state index >= 15 is 0 Å². The first-order valence-electron chi connectivity index (χ1n) is 7.36. The minimum atomic E-state index is -0.258. The standard InChI is InChI=1S/C17H21NO2Se/c1-3-19-17(20-16-11-7-8-14(16)12-18)13(2)21-15-9-5-4-6-10-15/h4-6,9-10,13,17H,3,7-8,11H2,1-2H3. The summed E-state index contributed by atoms with van der Waals surface area (Å²) in [6, 6.07) is 12.7. The third kappa shape index (κ3) is 4.61. The molecular weight excluding hydrogens is 329 g/mol. The summed E-state index contributed by atoms with van der Waals surface area (Å²) in [5, 5.41) is 9.13. The van der Waals surface area contributed by atoms with Crippen LogP contribution in [0.3, 0.4) is 0 Å².